The van der Waals surface area contributed by atoms with Crippen molar-refractivity contribution >= 4 is 11.9 Å². The second-order valence-electron chi connectivity index (χ2n) is 5.54. The molecule has 24 heavy (non-hydrogen) atoms. The normalized spacial score (nSPS) is 11.6. The van der Waals surface area contributed by atoms with Gasteiger partial charge in [0.15, 0.2) is 0 Å². The van der Waals surface area contributed by atoms with Crippen LogP contribution in [0.2, 0.25) is 0 Å². The van der Waals surface area contributed by atoms with Gasteiger partial charge in [0.25, 0.3) is 5.91 Å². The van der Waals surface area contributed by atoms with E-state index in [9.17, 15) is 9.59 Å². The molecule has 1 aromatic carbocycles. The molecule has 1 atom stereocenters. The highest BCUT2D eigenvalue weighted by molar-refractivity contribution is 5.94. The molecule has 0 aliphatic heterocycles. The molecule has 8 nitrogen and oxygen atoms in total. The lowest BCUT2D eigenvalue weighted by atomic mass is 10.1. The Morgan fingerprint density at radius 1 is 1.17 bits per heavy atom. The van der Waals surface area contributed by atoms with Gasteiger partial charge in [0.2, 0.25) is 0 Å². The zero-order valence-corrected chi connectivity index (χ0v) is 13.8. The van der Waals surface area contributed by atoms with Crippen molar-refractivity contribution in [1.29, 1.82) is 0 Å². The van der Waals surface area contributed by atoms with E-state index in [1.54, 1.807) is 23.1 Å². The lowest BCUT2D eigenvalue weighted by molar-refractivity contribution is 0.0954. The van der Waals surface area contributed by atoms with E-state index >= 15 is 0 Å². The minimum atomic E-state index is -0.285. The van der Waals surface area contributed by atoms with E-state index in [1.807, 2.05) is 26.0 Å². The Morgan fingerprint density at radius 3 is 2.54 bits per heavy atom. The Balaban J connectivity index is 1.62. The Hall–Kier alpha value is -2.90. The summed E-state index contributed by atoms with van der Waals surface area (Å²) in [6.45, 7) is 5.09. The van der Waals surface area contributed by atoms with Crippen LogP contribution in [0, 0.1) is 6.92 Å². The number of aromatic nitrogens is 3. The molecule has 1 aromatic heterocycles. The molecule has 1 heterocycles. The predicted octanol–water partition coefficient (Wildman–Crippen LogP) is 0.704. The number of carbonyl (C=O) groups is 2. The largest absolute Gasteiger partial charge is 0.350 e. The van der Waals surface area contributed by atoms with Gasteiger partial charge in [0.1, 0.15) is 12.7 Å². The molecule has 0 spiro atoms. The van der Waals surface area contributed by atoms with Gasteiger partial charge in [-0.25, -0.2) is 9.78 Å². The average molecular weight is 330 g/mol. The SMILES string of the molecule is Cc1ccc(C(=O)NCCNC(=O)N[C@H](C)Cn2cncn2)cc1. The van der Waals surface area contributed by atoms with Gasteiger partial charge < -0.3 is 16.0 Å². The number of rotatable bonds is 7. The highest BCUT2D eigenvalue weighted by Gasteiger charge is 2.08. The molecule has 0 saturated carbocycles. The van der Waals surface area contributed by atoms with Crippen LogP contribution in [0.25, 0.3) is 0 Å². The van der Waals surface area contributed by atoms with Crippen LogP contribution in [0.1, 0.15) is 22.8 Å². The first kappa shape index (κ1) is 17.5. The van der Waals surface area contributed by atoms with E-state index < -0.39 is 0 Å². The Morgan fingerprint density at radius 2 is 1.88 bits per heavy atom. The molecule has 0 aliphatic rings. The third-order valence-corrected chi connectivity index (χ3v) is 3.31. The maximum atomic E-state index is 11.9. The van der Waals surface area contributed by atoms with Crippen LogP contribution in [0.5, 0.6) is 0 Å². The van der Waals surface area contributed by atoms with Crippen molar-refractivity contribution in [1.82, 2.24) is 30.7 Å². The summed E-state index contributed by atoms with van der Waals surface area (Å²) in [7, 11) is 0. The van der Waals surface area contributed by atoms with Crippen molar-refractivity contribution < 1.29 is 9.59 Å². The number of amides is 3. The number of nitrogens with one attached hydrogen (secondary N) is 3. The number of benzene rings is 1. The molecule has 0 bridgehead atoms. The number of urea groups is 1. The molecule has 128 valence electrons. The molecule has 8 heteroatoms. The quantitative estimate of drug-likeness (QED) is 0.651. The van der Waals surface area contributed by atoms with E-state index in [1.165, 1.54) is 6.33 Å². The van der Waals surface area contributed by atoms with Crippen molar-refractivity contribution in [2.75, 3.05) is 13.1 Å². The van der Waals surface area contributed by atoms with Gasteiger partial charge in [-0.3, -0.25) is 9.48 Å². The van der Waals surface area contributed by atoms with Crippen LogP contribution in [0.3, 0.4) is 0 Å². The zero-order chi connectivity index (χ0) is 17.4. The minimum absolute atomic E-state index is 0.0890. The molecule has 3 N–H and O–H groups in total. The monoisotopic (exact) mass is 330 g/mol. The summed E-state index contributed by atoms with van der Waals surface area (Å²) < 4.78 is 1.65. The summed E-state index contributed by atoms with van der Waals surface area (Å²) in [5.74, 6) is -0.156. The molecule has 0 aliphatic carbocycles. The van der Waals surface area contributed by atoms with Gasteiger partial charge >= 0.3 is 6.03 Å². The van der Waals surface area contributed by atoms with E-state index in [0.29, 0.717) is 25.2 Å². The highest BCUT2D eigenvalue weighted by Crippen LogP contribution is 2.02. The van der Waals surface area contributed by atoms with E-state index in [2.05, 4.69) is 26.0 Å². The molecule has 2 rings (SSSR count). The third-order valence-electron chi connectivity index (χ3n) is 3.31. The smallest absolute Gasteiger partial charge is 0.315 e. The predicted molar refractivity (Wildman–Crippen MR) is 89.5 cm³/mol. The molecule has 0 saturated heterocycles. The summed E-state index contributed by atoms with van der Waals surface area (Å²) in [5, 5.41) is 12.2. The minimum Gasteiger partial charge on any atom is -0.350 e. The van der Waals surface area contributed by atoms with Gasteiger partial charge in [-0.1, -0.05) is 17.7 Å². The van der Waals surface area contributed by atoms with Crippen molar-refractivity contribution in [3.63, 3.8) is 0 Å². The standard InChI is InChI=1S/C16H22N6O2/c1-12-3-5-14(6-4-12)15(23)18-7-8-19-16(24)21-13(2)9-22-11-17-10-20-22/h3-6,10-11,13H,7-9H2,1-2H3,(H,18,23)(H2,19,21,24)/t13-/m1/s1. The Labute approximate surface area is 140 Å². The van der Waals surface area contributed by atoms with Crippen molar-refractivity contribution in [2.24, 2.45) is 0 Å². The summed E-state index contributed by atoms with van der Waals surface area (Å²) in [6.07, 6.45) is 3.04. The van der Waals surface area contributed by atoms with Crippen LogP contribution in [0.4, 0.5) is 4.79 Å². The molecular weight excluding hydrogens is 308 g/mol. The summed E-state index contributed by atoms with van der Waals surface area (Å²) in [4.78, 5) is 27.5. The number of carbonyl (C=O) groups excluding carboxylic acids is 2. The van der Waals surface area contributed by atoms with Gasteiger partial charge in [-0.2, -0.15) is 5.10 Å². The van der Waals surface area contributed by atoms with Crippen LogP contribution < -0.4 is 16.0 Å². The average Bonchev–Trinajstić information content (AvgIpc) is 3.04. The third kappa shape index (κ3) is 5.71. The first-order valence-electron chi connectivity index (χ1n) is 7.76. The fraction of sp³-hybridized carbons (Fsp3) is 0.375. The first-order valence-corrected chi connectivity index (χ1v) is 7.76. The Bertz CT molecular complexity index is 654. The number of hydrogen-bond donors (Lipinski definition) is 3. The maximum absolute atomic E-state index is 11.9. The van der Waals surface area contributed by atoms with Gasteiger partial charge in [0.05, 0.1) is 6.54 Å². The van der Waals surface area contributed by atoms with Gasteiger partial charge in [-0.15, -0.1) is 0 Å². The fourth-order valence-corrected chi connectivity index (χ4v) is 2.09. The summed E-state index contributed by atoms with van der Waals surface area (Å²) in [6, 6.07) is 6.95. The van der Waals surface area contributed by atoms with Crippen LogP contribution >= 0.6 is 0 Å². The molecule has 2 aromatic rings. The molecule has 3 amide bonds. The van der Waals surface area contributed by atoms with Crippen LogP contribution in [0.15, 0.2) is 36.9 Å². The second-order valence-corrected chi connectivity index (χ2v) is 5.54. The molecular formula is C16H22N6O2. The van der Waals surface area contributed by atoms with Crippen molar-refractivity contribution in [2.45, 2.75) is 26.4 Å². The molecule has 0 unspecified atom stereocenters. The summed E-state index contributed by atoms with van der Waals surface area (Å²) >= 11 is 0. The zero-order valence-electron chi connectivity index (χ0n) is 13.8. The van der Waals surface area contributed by atoms with Crippen LogP contribution in [-0.2, 0) is 6.54 Å². The van der Waals surface area contributed by atoms with E-state index in [0.717, 1.165) is 5.56 Å². The first-order chi connectivity index (χ1) is 11.5. The molecule has 0 radical (unpaired) electrons. The fourth-order valence-electron chi connectivity index (χ4n) is 2.09. The lowest BCUT2D eigenvalue weighted by Gasteiger charge is -2.14. The van der Waals surface area contributed by atoms with E-state index in [4.69, 9.17) is 0 Å². The van der Waals surface area contributed by atoms with Crippen LogP contribution in [-0.4, -0.2) is 45.8 Å². The van der Waals surface area contributed by atoms with Gasteiger partial charge in [-0.05, 0) is 26.0 Å². The second kappa shape index (κ2) is 8.66. The topological polar surface area (TPSA) is 101 Å². The number of nitrogens with zero attached hydrogens (tertiary/aromatic N) is 3. The lowest BCUT2D eigenvalue weighted by Crippen LogP contribution is -2.44. The van der Waals surface area contributed by atoms with E-state index in [-0.39, 0.29) is 18.0 Å². The molecule has 0 fully saturated rings. The highest BCUT2D eigenvalue weighted by atomic mass is 16.2. The van der Waals surface area contributed by atoms with Gasteiger partial charge in [0, 0.05) is 24.7 Å². The summed E-state index contributed by atoms with van der Waals surface area (Å²) in [5.41, 5.74) is 1.71. The number of aryl methyl sites for hydroxylation is 1. The number of hydrogen-bond acceptors (Lipinski definition) is 4. The van der Waals surface area contributed by atoms with Crippen molar-refractivity contribution in [3.05, 3.63) is 48.0 Å². The Kier molecular flexibility index (Phi) is 6.30. The maximum Gasteiger partial charge on any atom is 0.315 e. The van der Waals surface area contributed by atoms with Crippen molar-refractivity contribution in [3.8, 4) is 0 Å².